The van der Waals surface area contributed by atoms with Crippen molar-refractivity contribution in [3.05, 3.63) is 66.2 Å². The Morgan fingerprint density at radius 2 is 1.50 bits per heavy atom. The summed E-state index contributed by atoms with van der Waals surface area (Å²) in [5.41, 5.74) is 4.34. The van der Waals surface area contributed by atoms with E-state index in [1.807, 2.05) is 6.07 Å². The Labute approximate surface area is 136 Å². The summed E-state index contributed by atoms with van der Waals surface area (Å²) in [6.45, 7) is 0. The normalized spacial score (nSPS) is 12.5. The zero-order valence-corrected chi connectivity index (χ0v) is 13.0. The van der Waals surface area contributed by atoms with E-state index in [4.69, 9.17) is 5.73 Å². The number of benzene rings is 3. The Morgan fingerprint density at radius 1 is 0.833 bits per heavy atom. The molecule has 0 bridgehead atoms. The van der Waals surface area contributed by atoms with Crippen molar-refractivity contribution in [3.63, 3.8) is 0 Å². The van der Waals surface area contributed by atoms with Crippen molar-refractivity contribution in [3.8, 4) is 0 Å². The van der Waals surface area contributed by atoms with E-state index in [1.54, 1.807) is 24.3 Å². The molecule has 3 aromatic rings. The average molecular weight is 351 g/mol. The van der Waals surface area contributed by atoms with Gasteiger partial charge in [-0.2, -0.15) is 13.2 Å². The fourth-order valence-electron chi connectivity index (χ4n) is 2.40. The first-order valence-corrected chi connectivity index (χ1v) is 8.38. The summed E-state index contributed by atoms with van der Waals surface area (Å²) in [5, 5.41) is 1.50. The maximum atomic E-state index is 12.9. The second-order valence-electron chi connectivity index (χ2n) is 5.26. The van der Waals surface area contributed by atoms with Crippen LogP contribution in [0.3, 0.4) is 0 Å². The highest BCUT2D eigenvalue weighted by molar-refractivity contribution is 7.91. The summed E-state index contributed by atoms with van der Waals surface area (Å²) in [7, 11) is -4.17. The number of alkyl halides is 3. The van der Waals surface area contributed by atoms with Crippen LogP contribution in [-0.4, -0.2) is 8.42 Å². The number of halogens is 3. The van der Waals surface area contributed by atoms with Gasteiger partial charge in [0.25, 0.3) is 0 Å². The fourth-order valence-corrected chi connectivity index (χ4v) is 3.85. The van der Waals surface area contributed by atoms with E-state index in [0.717, 1.165) is 17.5 Å². The number of hydrogen-bond donors (Lipinski definition) is 1. The topological polar surface area (TPSA) is 60.2 Å². The van der Waals surface area contributed by atoms with Gasteiger partial charge in [-0.3, -0.25) is 0 Å². The number of sulfone groups is 1. The molecule has 24 heavy (non-hydrogen) atoms. The second kappa shape index (κ2) is 5.52. The Morgan fingerprint density at radius 3 is 2.17 bits per heavy atom. The van der Waals surface area contributed by atoms with Crippen molar-refractivity contribution in [1.29, 1.82) is 0 Å². The molecule has 124 valence electrons. The quantitative estimate of drug-likeness (QED) is 0.701. The lowest BCUT2D eigenvalue weighted by Crippen LogP contribution is -2.10. The predicted molar refractivity (Wildman–Crippen MR) is 85.3 cm³/mol. The van der Waals surface area contributed by atoms with Crippen LogP contribution in [0.25, 0.3) is 10.8 Å². The molecule has 0 saturated heterocycles. The second-order valence-corrected chi connectivity index (χ2v) is 7.18. The van der Waals surface area contributed by atoms with Crippen LogP contribution in [0, 0.1) is 0 Å². The SMILES string of the molecule is Nc1ccc(C(F)(F)F)cc1S(=O)(=O)c1ccc2ccccc2c1. The van der Waals surface area contributed by atoms with Gasteiger partial charge < -0.3 is 5.73 Å². The Hall–Kier alpha value is -2.54. The zero-order chi connectivity index (χ0) is 17.5. The molecule has 3 aromatic carbocycles. The molecule has 0 amide bonds. The van der Waals surface area contributed by atoms with Crippen LogP contribution in [-0.2, 0) is 16.0 Å². The summed E-state index contributed by atoms with van der Waals surface area (Å²) in [4.78, 5) is -0.653. The molecule has 0 aromatic heterocycles. The molecular weight excluding hydrogens is 339 g/mol. The number of anilines is 1. The van der Waals surface area contributed by atoms with Gasteiger partial charge in [0, 0.05) is 0 Å². The van der Waals surface area contributed by atoms with Crippen molar-refractivity contribution in [2.24, 2.45) is 0 Å². The maximum absolute atomic E-state index is 12.9. The van der Waals surface area contributed by atoms with Crippen LogP contribution in [0.5, 0.6) is 0 Å². The minimum absolute atomic E-state index is 0.104. The van der Waals surface area contributed by atoms with Crippen molar-refractivity contribution < 1.29 is 21.6 Å². The van der Waals surface area contributed by atoms with Crippen LogP contribution < -0.4 is 5.73 Å². The number of nitrogen functional groups attached to an aromatic ring is 1. The first-order valence-electron chi connectivity index (χ1n) is 6.90. The molecule has 0 aliphatic heterocycles. The average Bonchev–Trinajstić information content (AvgIpc) is 2.53. The van der Waals surface area contributed by atoms with Crippen molar-refractivity contribution in [2.75, 3.05) is 5.73 Å². The lowest BCUT2D eigenvalue weighted by atomic mass is 10.1. The molecule has 0 aliphatic carbocycles. The zero-order valence-electron chi connectivity index (χ0n) is 12.2. The number of nitrogens with two attached hydrogens (primary N) is 1. The van der Waals surface area contributed by atoms with E-state index < -0.39 is 26.5 Å². The molecule has 0 spiro atoms. The lowest BCUT2D eigenvalue weighted by molar-refractivity contribution is -0.137. The molecule has 0 aliphatic rings. The molecule has 0 radical (unpaired) electrons. The van der Waals surface area contributed by atoms with Gasteiger partial charge in [0.05, 0.1) is 21.0 Å². The van der Waals surface area contributed by atoms with E-state index in [2.05, 4.69) is 0 Å². The number of fused-ring (bicyclic) bond motifs is 1. The van der Waals surface area contributed by atoms with Gasteiger partial charge >= 0.3 is 6.18 Å². The lowest BCUT2D eigenvalue weighted by Gasteiger charge is -2.12. The third-order valence-corrected chi connectivity index (χ3v) is 5.47. The highest BCUT2D eigenvalue weighted by atomic mass is 32.2. The van der Waals surface area contributed by atoms with Crippen molar-refractivity contribution >= 4 is 26.3 Å². The van der Waals surface area contributed by atoms with Gasteiger partial charge in [0.2, 0.25) is 9.84 Å². The standard InChI is InChI=1S/C17H12F3NO2S/c18-17(19,20)13-6-8-15(21)16(10-13)24(22,23)14-7-5-11-3-1-2-4-12(11)9-14/h1-10H,21H2. The monoisotopic (exact) mass is 351 g/mol. The first kappa shape index (κ1) is 16.3. The third-order valence-electron chi connectivity index (χ3n) is 3.66. The minimum atomic E-state index is -4.65. The number of rotatable bonds is 2. The molecule has 2 N–H and O–H groups in total. The van der Waals surface area contributed by atoms with Crippen LogP contribution in [0.15, 0.2) is 70.5 Å². The predicted octanol–water partition coefficient (Wildman–Crippen LogP) is 4.27. The van der Waals surface area contributed by atoms with E-state index in [9.17, 15) is 21.6 Å². The summed E-state index contributed by atoms with van der Waals surface area (Å²) in [6.07, 6.45) is -4.65. The highest BCUT2D eigenvalue weighted by Crippen LogP contribution is 2.35. The van der Waals surface area contributed by atoms with E-state index in [0.29, 0.717) is 11.5 Å². The van der Waals surface area contributed by atoms with Crippen LogP contribution in [0.2, 0.25) is 0 Å². The molecule has 0 saturated carbocycles. The van der Waals surface area contributed by atoms with Gasteiger partial charge in [0.1, 0.15) is 0 Å². The van der Waals surface area contributed by atoms with Gasteiger partial charge in [-0.25, -0.2) is 8.42 Å². The molecule has 7 heteroatoms. The molecular formula is C17H12F3NO2S. The fraction of sp³-hybridized carbons (Fsp3) is 0.0588. The largest absolute Gasteiger partial charge is 0.416 e. The summed E-state index contributed by atoms with van der Waals surface area (Å²) in [6, 6.07) is 13.8. The van der Waals surface area contributed by atoms with Gasteiger partial charge in [-0.05, 0) is 41.1 Å². The Bertz CT molecular complexity index is 1030. The van der Waals surface area contributed by atoms with Gasteiger partial charge in [0.15, 0.2) is 0 Å². The van der Waals surface area contributed by atoms with Crippen LogP contribution in [0.4, 0.5) is 18.9 Å². The smallest absolute Gasteiger partial charge is 0.398 e. The summed E-state index contributed by atoms with van der Waals surface area (Å²) in [5.74, 6) is 0. The first-order chi connectivity index (χ1) is 11.2. The molecule has 3 nitrogen and oxygen atoms in total. The Balaban J connectivity index is 2.19. The summed E-state index contributed by atoms with van der Waals surface area (Å²) < 4.78 is 64.0. The molecule has 0 unspecified atom stereocenters. The van der Waals surface area contributed by atoms with Gasteiger partial charge in [-0.15, -0.1) is 0 Å². The highest BCUT2D eigenvalue weighted by Gasteiger charge is 2.33. The summed E-state index contributed by atoms with van der Waals surface area (Å²) >= 11 is 0. The third kappa shape index (κ3) is 2.82. The molecule has 0 atom stereocenters. The molecule has 0 fully saturated rings. The van der Waals surface area contributed by atoms with Crippen molar-refractivity contribution in [1.82, 2.24) is 0 Å². The van der Waals surface area contributed by atoms with Crippen LogP contribution >= 0.6 is 0 Å². The van der Waals surface area contributed by atoms with E-state index >= 15 is 0 Å². The molecule has 3 rings (SSSR count). The van der Waals surface area contributed by atoms with Crippen molar-refractivity contribution in [2.45, 2.75) is 16.0 Å². The molecule has 0 heterocycles. The van der Waals surface area contributed by atoms with E-state index in [1.165, 1.54) is 12.1 Å². The Kier molecular flexibility index (Phi) is 3.76. The minimum Gasteiger partial charge on any atom is -0.398 e. The van der Waals surface area contributed by atoms with E-state index in [-0.39, 0.29) is 10.6 Å². The maximum Gasteiger partial charge on any atom is 0.416 e. The van der Waals surface area contributed by atoms with Gasteiger partial charge in [-0.1, -0.05) is 30.3 Å². The number of hydrogen-bond acceptors (Lipinski definition) is 3. The van der Waals surface area contributed by atoms with Crippen LogP contribution in [0.1, 0.15) is 5.56 Å².